The fourth-order valence-corrected chi connectivity index (χ4v) is 4.96. The molecule has 3 heterocycles. The summed E-state index contributed by atoms with van der Waals surface area (Å²) >= 11 is 1.71. The Bertz CT molecular complexity index is 929. The van der Waals surface area contributed by atoms with E-state index in [1.165, 1.54) is 16.9 Å². The van der Waals surface area contributed by atoms with Crippen LogP contribution in [0.4, 0.5) is 0 Å². The van der Waals surface area contributed by atoms with Gasteiger partial charge in [0.2, 0.25) is 0 Å². The number of thiophene rings is 1. The maximum Gasteiger partial charge on any atom is 0.262 e. The number of aryl methyl sites for hydroxylation is 1. The van der Waals surface area contributed by atoms with Crippen LogP contribution in [0.5, 0.6) is 0 Å². The van der Waals surface area contributed by atoms with Gasteiger partial charge in [0, 0.05) is 23.3 Å². The molecular weight excluding hydrogens is 318 g/mol. The number of hydrogen-bond donors (Lipinski definition) is 0. The predicted molar refractivity (Wildman–Crippen MR) is 97.7 cm³/mol. The van der Waals surface area contributed by atoms with Gasteiger partial charge in [-0.15, -0.1) is 11.3 Å². The minimum atomic E-state index is 0.0664. The predicted octanol–water partition coefficient (Wildman–Crippen LogP) is 3.78. The molecular formula is C19H21N3OS. The maximum absolute atomic E-state index is 13.1. The summed E-state index contributed by atoms with van der Waals surface area (Å²) in [6.45, 7) is 4.36. The van der Waals surface area contributed by atoms with E-state index in [0.717, 1.165) is 35.0 Å². The lowest BCUT2D eigenvalue weighted by Crippen LogP contribution is -2.25. The fourth-order valence-electron chi connectivity index (χ4n) is 3.62. The molecule has 0 N–H and O–H groups in total. The minimum absolute atomic E-state index is 0.0664. The Labute approximate surface area is 145 Å². The van der Waals surface area contributed by atoms with E-state index in [9.17, 15) is 4.79 Å². The van der Waals surface area contributed by atoms with Crippen LogP contribution >= 0.6 is 11.3 Å². The van der Waals surface area contributed by atoms with Crippen molar-refractivity contribution in [1.82, 2.24) is 14.5 Å². The Kier molecular flexibility index (Phi) is 3.96. The molecule has 5 heteroatoms. The van der Waals surface area contributed by atoms with Crippen LogP contribution in [0.3, 0.4) is 0 Å². The van der Waals surface area contributed by atoms with E-state index >= 15 is 0 Å². The summed E-state index contributed by atoms with van der Waals surface area (Å²) in [6, 6.07) is 4.05. The molecule has 0 aliphatic heterocycles. The van der Waals surface area contributed by atoms with Gasteiger partial charge in [0.15, 0.2) is 0 Å². The molecule has 24 heavy (non-hydrogen) atoms. The fraction of sp³-hybridized carbons (Fsp3) is 0.421. The first-order valence-corrected chi connectivity index (χ1v) is 9.35. The Morgan fingerprint density at radius 2 is 2.33 bits per heavy atom. The topological polar surface area (TPSA) is 47.8 Å². The number of rotatable bonds is 3. The first-order chi connectivity index (χ1) is 11.6. The summed E-state index contributed by atoms with van der Waals surface area (Å²) in [4.78, 5) is 24.1. The van der Waals surface area contributed by atoms with Gasteiger partial charge in [0.25, 0.3) is 5.56 Å². The van der Waals surface area contributed by atoms with Crippen molar-refractivity contribution in [1.29, 1.82) is 0 Å². The van der Waals surface area contributed by atoms with Gasteiger partial charge < -0.3 is 0 Å². The third kappa shape index (κ3) is 2.67. The summed E-state index contributed by atoms with van der Waals surface area (Å²) in [5.74, 6) is 0.706. The molecule has 1 aliphatic rings. The highest BCUT2D eigenvalue weighted by Crippen LogP contribution is 2.35. The van der Waals surface area contributed by atoms with E-state index in [4.69, 9.17) is 0 Å². The zero-order valence-corrected chi connectivity index (χ0v) is 14.8. The number of pyridine rings is 1. The normalized spacial score (nSPS) is 18.5. The molecule has 0 amide bonds. The van der Waals surface area contributed by atoms with Crippen molar-refractivity contribution in [2.75, 3.05) is 0 Å². The van der Waals surface area contributed by atoms with Crippen molar-refractivity contribution >= 4 is 21.6 Å². The van der Waals surface area contributed by atoms with Crippen molar-refractivity contribution in [3.63, 3.8) is 0 Å². The number of fused-ring (bicyclic) bond motifs is 3. The highest BCUT2D eigenvalue weighted by atomic mass is 32.1. The van der Waals surface area contributed by atoms with E-state index in [1.54, 1.807) is 28.4 Å². The zero-order valence-electron chi connectivity index (χ0n) is 14.0. The van der Waals surface area contributed by atoms with Gasteiger partial charge in [-0.05, 0) is 55.7 Å². The average Bonchev–Trinajstić information content (AvgIpc) is 2.94. The molecule has 1 aliphatic carbocycles. The van der Waals surface area contributed by atoms with Gasteiger partial charge in [-0.2, -0.15) is 0 Å². The van der Waals surface area contributed by atoms with Crippen molar-refractivity contribution in [3.8, 4) is 0 Å². The SMILES string of the molecule is CC1CCc2c(sc3ncn(C(C)Cc4cccnc4)c(=O)c23)C1. The third-order valence-electron chi connectivity index (χ3n) is 4.97. The lowest BCUT2D eigenvalue weighted by molar-refractivity contribution is 0.507. The summed E-state index contributed by atoms with van der Waals surface area (Å²) in [5, 5.41) is 0.863. The van der Waals surface area contributed by atoms with Crippen LogP contribution < -0.4 is 5.56 Å². The molecule has 0 saturated carbocycles. The maximum atomic E-state index is 13.1. The Morgan fingerprint density at radius 1 is 1.46 bits per heavy atom. The van der Waals surface area contributed by atoms with Gasteiger partial charge in [-0.1, -0.05) is 13.0 Å². The van der Waals surface area contributed by atoms with Crippen molar-refractivity contribution in [3.05, 3.63) is 57.2 Å². The summed E-state index contributed by atoms with van der Waals surface area (Å²) in [5.41, 5.74) is 2.51. The Morgan fingerprint density at radius 3 is 3.12 bits per heavy atom. The van der Waals surface area contributed by atoms with Crippen LogP contribution in [0.15, 0.2) is 35.6 Å². The van der Waals surface area contributed by atoms with Crippen LogP contribution in [-0.2, 0) is 19.3 Å². The highest BCUT2D eigenvalue weighted by molar-refractivity contribution is 7.18. The second kappa shape index (κ2) is 6.13. The molecule has 0 aromatic carbocycles. The molecule has 4 rings (SSSR count). The zero-order chi connectivity index (χ0) is 16.7. The van der Waals surface area contributed by atoms with E-state index in [2.05, 4.69) is 23.8 Å². The summed E-state index contributed by atoms with van der Waals surface area (Å²) in [7, 11) is 0. The minimum Gasteiger partial charge on any atom is -0.295 e. The summed E-state index contributed by atoms with van der Waals surface area (Å²) < 4.78 is 1.79. The van der Waals surface area contributed by atoms with Crippen LogP contribution in [0.1, 0.15) is 42.3 Å². The molecule has 0 spiro atoms. The van der Waals surface area contributed by atoms with Crippen LogP contribution in [-0.4, -0.2) is 14.5 Å². The van der Waals surface area contributed by atoms with E-state index in [-0.39, 0.29) is 11.6 Å². The quantitative estimate of drug-likeness (QED) is 0.729. The van der Waals surface area contributed by atoms with Crippen molar-refractivity contribution < 1.29 is 0 Å². The lowest BCUT2D eigenvalue weighted by Gasteiger charge is -2.18. The van der Waals surface area contributed by atoms with E-state index in [0.29, 0.717) is 5.92 Å². The molecule has 0 fully saturated rings. The molecule has 124 valence electrons. The Hall–Kier alpha value is -2.01. The molecule has 0 radical (unpaired) electrons. The van der Waals surface area contributed by atoms with Crippen molar-refractivity contribution in [2.24, 2.45) is 5.92 Å². The molecule has 3 aromatic heterocycles. The standard InChI is InChI=1S/C19H21N3OS/c1-12-5-6-15-16(8-12)24-18-17(15)19(23)22(11-21-18)13(2)9-14-4-3-7-20-10-14/h3-4,7,10-13H,5-6,8-9H2,1-2H3. The van der Waals surface area contributed by atoms with Gasteiger partial charge in [0.1, 0.15) is 4.83 Å². The molecule has 2 atom stereocenters. The van der Waals surface area contributed by atoms with E-state index in [1.807, 2.05) is 18.3 Å². The van der Waals surface area contributed by atoms with Gasteiger partial charge in [-0.3, -0.25) is 14.3 Å². The number of hydrogen-bond acceptors (Lipinski definition) is 4. The van der Waals surface area contributed by atoms with E-state index < -0.39 is 0 Å². The number of aromatic nitrogens is 3. The first-order valence-electron chi connectivity index (χ1n) is 8.53. The van der Waals surface area contributed by atoms with Crippen LogP contribution in [0.2, 0.25) is 0 Å². The largest absolute Gasteiger partial charge is 0.295 e. The van der Waals surface area contributed by atoms with Gasteiger partial charge >= 0.3 is 0 Å². The Balaban J connectivity index is 1.74. The summed E-state index contributed by atoms with van der Waals surface area (Å²) in [6.07, 6.45) is 9.39. The molecule has 0 saturated heterocycles. The first kappa shape index (κ1) is 15.5. The average molecular weight is 339 g/mol. The van der Waals surface area contributed by atoms with Crippen molar-refractivity contribution in [2.45, 2.75) is 45.6 Å². The monoisotopic (exact) mass is 339 g/mol. The lowest BCUT2D eigenvalue weighted by atomic mass is 9.89. The second-order valence-corrected chi connectivity index (χ2v) is 7.99. The number of nitrogens with zero attached hydrogens (tertiary/aromatic N) is 3. The molecule has 4 nitrogen and oxygen atoms in total. The highest BCUT2D eigenvalue weighted by Gasteiger charge is 2.23. The van der Waals surface area contributed by atoms with Gasteiger partial charge in [0.05, 0.1) is 11.7 Å². The molecule has 3 aromatic rings. The molecule has 2 unspecified atom stereocenters. The second-order valence-electron chi connectivity index (χ2n) is 6.90. The van der Waals surface area contributed by atoms with Crippen LogP contribution in [0, 0.1) is 5.92 Å². The third-order valence-corrected chi connectivity index (χ3v) is 6.13. The smallest absolute Gasteiger partial charge is 0.262 e. The van der Waals surface area contributed by atoms with Crippen LogP contribution in [0.25, 0.3) is 10.2 Å². The van der Waals surface area contributed by atoms with Gasteiger partial charge in [-0.25, -0.2) is 4.98 Å². The molecule has 0 bridgehead atoms.